The molecule has 1 aliphatic carbocycles. The summed E-state index contributed by atoms with van der Waals surface area (Å²) in [5, 5.41) is 14.6. The van der Waals surface area contributed by atoms with E-state index in [4.69, 9.17) is 0 Å². The second kappa shape index (κ2) is 9.82. The monoisotopic (exact) mass is 392 g/mol. The highest BCUT2D eigenvalue weighted by Gasteiger charge is 2.27. The van der Waals surface area contributed by atoms with Crippen molar-refractivity contribution in [2.24, 2.45) is 5.92 Å². The highest BCUT2D eigenvalue weighted by atomic mass is 15.2. The molecule has 1 aromatic carbocycles. The lowest BCUT2D eigenvalue weighted by atomic mass is 9.98. The molecular weight excluding hydrogens is 356 g/mol. The second-order valence-electron chi connectivity index (χ2n) is 8.68. The van der Waals surface area contributed by atoms with Gasteiger partial charge in [-0.25, -0.2) is 0 Å². The number of benzene rings is 1. The molecule has 3 N–H and O–H groups in total. The Morgan fingerprint density at radius 1 is 1.24 bits per heavy atom. The van der Waals surface area contributed by atoms with Gasteiger partial charge in [-0.05, 0) is 63.0 Å². The van der Waals surface area contributed by atoms with Crippen LogP contribution in [0, 0.1) is 12.8 Å². The number of hydrogen-bond donors (Lipinski definition) is 3. The van der Waals surface area contributed by atoms with Gasteiger partial charge >= 0.3 is 0 Å². The Hall–Kier alpha value is -2.49. The molecule has 1 aromatic heterocycles. The van der Waals surface area contributed by atoms with Gasteiger partial charge in [0.25, 0.3) is 0 Å². The van der Waals surface area contributed by atoms with Crippen molar-refractivity contribution in [2.45, 2.75) is 71.3 Å². The van der Waals surface area contributed by atoms with Crippen molar-refractivity contribution in [3.8, 4) is 0 Å². The fraction of sp³-hybridized carbons (Fsp3) is 0.480. The van der Waals surface area contributed by atoms with Gasteiger partial charge < -0.3 is 10.6 Å². The zero-order chi connectivity index (χ0) is 20.8. The Bertz CT molecular complexity index is 835. The van der Waals surface area contributed by atoms with Crippen LogP contribution in [0.3, 0.4) is 0 Å². The third kappa shape index (κ3) is 5.99. The molecule has 4 nitrogen and oxygen atoms in total. The van der Waals surface area contributed by atoms with Crippen molar-refractivity contribution in [1.29, 1.82) is 0 Å². The highest BCUT2D eigenvalue weighted by molar-refractivity contribution is 5.44. The number of nitrogens with zero attached hydrogens (tertiary/aromatic N) is 1. The summed E-state index contributed by atoms with van der Waals surface area (Å²) in [4.78, 5) is 0. The van der Waals surface area contributed by atoms with Gasteiger partial charge in [-0.3, -0.25) is 5.10 Å². The minimum Gasteiger partial charge on any atom is -0.386 e. The van der Waals surface area contributed by atoms with Gasteiger partial charge in [0.05, 0.1) is 0 Å². The number of rotatable bonds is 10. The van der Waals surface area contributed by atoms with Crippen LogP contribution in [-0.2, 0) is 6.42 Å². The maximum atomic E-state index is 4.47. The van der Waals surface area contributed by atoms with Gasteiger partial charge in [0, 0.05) is 41.5 Å². The Balaban J connectivity index is 1.49. The zero-order valence-electron chi connectivity index (χ0n) is 18.2. The van der Waals surface area contributed by atoms with E-state index in [1.807, 2.05) is 0 Å². The van der Waals surface area contributed by atoms with E-state index >= 15 is 0 Å². The van der Waals surface area contributed by atoms with E-state index in [-0.39, 0.29) is 0 Å². The van der Waals surface area contributed by atoms with Gasteiger partial charge in [-0.15, -0.1) is 0 Å². The molecule has 1 aliphatic rings. The Labute approximate surface area is 175 Å². The number of aryl methyl sites for hydroxylation is 1. The molecule has 3 atom stereocenters. The average molecular weight is 393 g/mol. The summed E-state index contributed by atoms with van der Waals surface area (Å²) in [6.45, 7) is 15.0. The van der Waals surface area contributed by atoms with Crippen LogP contribution in [-0.4, -0.2) is 16.2 Å². The van der Waals surface area contributed by atoms with Crippen molar-refractivity contribution >= 4 is 5.82 Å². The van der Waals surface area contributed by atoms with Crippen molar-refractivity contribution < 1.29 is 0 Å². The smallest absolute Gasteiger partial charge is 0.152 e. The number of H-pyrrole nitrogens is 1. The summed E-state index contributed by atoms with van der Waals surface area (Å²) in [5.41, 5.74) is 5.97. The number of hydrogen-bond acceptors (Lipinski definition) is 3. The van der Waals surface area contributed by atoms with Crippen LogP contribution < -0.4 is 10.6 Å². The first-order chi connectivity index (χ1) is 13.9. The minimum atomic E-state index is 0.508. The normalized spacial score (nSPS) is 19.7. The first kappa shape index (κ1) is 21.2. The van der Waals surface area contributed by atoms with Crippen molar-refractivity contribution in [2.75, 3.05) is 5.32 Å². The average Bonchev–Trinajstić information content (AvgIpc) is 3.32. The predicted molar refractivity (Wildman–Crippen MR) is 123 cm³/mol. The van der Waals surface area contributed by atoms with E-state index in [0.717, 1.165) is 30.8 Å². The molecule has 2 aromatic rings. The van der Waals surface area contributed by atoms with Gasteiger partial charge in [-0.1, -0.05) is 44.3 Å². The molecule has 0 radical (unpaired) electrons. The molecule has 0 amide bonds. The van der Waals surface area contributed by atoms with Crippen LogP contribution in [0.25, 0.3) is 0 Å². The standard InChI is InChI=1S/C25H36N4/c1-6-18(3)26-19(4)13-21-11-12-23(15-21)24-16-25(29-28-24)27-20(5)14-22-10-8-7-9-17(22)2/h7-10,16,18,21,23,26H,4-6,11-15H2,1-3H3,(H2,27,28,29). The summed E-state index contributed by atoms with van der Waals surface area (Å²) >= 11 is 0. The van der Waals surface area contributed by atoms with E-state index in [2.05, 4.69) is 85.1 Å². The van der Waals surface area contributed by atoms with E-state index in [0.29, 0.717) is 17.9 Å². The first-order valence-corrected chi connectivity index (χ1v) is 10.9. The third-order valence-corrected chi connectivity index (χ3v) is 6.15. The summed E-state index contributed by atoms with van der Waals surface area (Å²) in [5.74, 6) is 2.13. The molecule has 0 saturated heterocycles. The van der Waals surface area contributed by atoms with Crippen molar-refractivity contribution in [3.05, 3.63) is 71.7 Å². The number of anilines is 1. The lowest BCUT2D eigenvalue weighted by Gasteiger charge is -2.18. The topological polar surface area (TPSA) is 52.7 Å². The molecule has 1 heterocycles. The van der Waals surface area contributed by atoms with E-state index in [1.165, 1.54) is 41.8 Å². The fourth-order valence-electron chi connectivity index (χ4n) is 4.27. The third-order valence-electron chi connectivity index (χ3n) is 6.15. The Morgan fingerprint density at radius 3 is 2.79 bits per heavy atom. The van der Waals surface area contributed by atoms with Crippen molar-refractivity contribution in [3.63, 3.8) is 0 Å². The quantitative estimate of drug-likeness (QED) is 0.460. The van der Waals surface area contributed by atoms with E-state index in [1.54, 1.807) is 0 Å². The molecular formula is C25H36N4. The molecule has 0 aliphatic heterocycles. The van der Waals surface area contributed by atoms with Gasteiger partial charge in [0.1, 0.15) is 0 Å². The van der Waals surface area contributed by atoms with E-state index < -0.39 is 0 Å². The summed E-state index contributed by atoms with van der Waals surface area (Å²) in [6.07, 6.45) is 6.69. The van der Waals surface area contributed by atoms with Crippen LogP contribution in [0.2, 0.25) is 0 Å². The molecule has 29 heavy (non-hydrogen) atoms. The number of allylic oxidation sites excluding steroid dienone is 2. The molecule has 1 fully saturated rings. The maximum absolute atomic E-state index is 4.47. The van der Waals surface area contributed by atoms with Gasteiger partial charge in [0.2, 0.25) is 0 Å². The van der Waals surface area contributed by atoms with Crippen LogP contribution >= 0.6 is 0 Å². The lowest BCUT2D eigenvalue weighted by Crippen LogP contribution is -2.24. The minimum absolute atomic E-state index is 0.508. The Morgan fingerprint density at radius 2 is 2.03 bits per heavy atom. The molecule has 3 unspecified atom stereocenters. The van der Waals surface area contributed by atoms with Crippen LogP contribution in [0.1, 0.15) is 68.7 Å². The molecule has 0 bridgehead atoms. The molecule has 0 spiro atoms. The molecule has 3 rings (SSSR count). The van der Waals surface area contributed by atoms with Gasteiger partial charge in [-0.2, -0.15) is 5.10 Å². The summed E-state index contributed by atoms with van der Waals surface area (Å²) in [7, 11) is 0. The SMILES string of the molecule is C=C(Cc1ccccc1C)Nc1cc(C2CCC(CC(=C)NC(C)CC)C2)[nH]n1. The maximum Gasteiger partial charge on any atom is 0.152 e. The highest BCUT2D eigenvalue weighted by Crippen LogP contribution is 2.40. The predicted octanol–water partition coefficient (Wildman–Crippen LogP) is 6.06. The zero-order valence-corrected chi connectivity index (χ0v) is 18.2. The lowest BCUT2D eigenvalue weighted by molar-refractivity contribution is 0.490. The first-order valence-electron chi connectivity index (χ1n) is 10.9. The van der Waals surface area contributed by atoms with Crippen molar-refractivity contribution in [1.82, 2.24) is 15.5 Å². The second-order valence-corrected chi connectivity index (χ2v) is 8.68. The molecule has 1 saturated carbocycles. The largest absolute Gasteiger partial charge is 0.386 e. The fourth-order valence-corrected chi connectivity index (χ4v) is 4.27. The number of aromatic amines is 1. The van der Waals surface area contributed by atoms with Crippen LogP contribution in [0.15, 0.2) is 54.9 Å². The van der Waals surface area contributed by atoms with Crippen LogP contribution in [0.4, 0.5) is 5.82 Å². The van der Waals surface area contributed by atoms with E-state index in [9.17, 15) is 0 Å². The van der Waals surface area contributed by atoms with Gasteiger partial charge in [0.15, 0.2) is 5.82 Å². The number of aromatic nitrogens is 2. The molecule has 156 valence electrons. The molecule has 4 heteroatoms. The Kier molecular flexibility index (Phi) is 7.18. The number of nitrogens with one attached hydrogen (secondary N) is 3. The summed E-state index contributed by atoms with van der Waals surface area (Å²) in [6, 6.07) is 11.1. The summed E-state index contributed by atoms with van der Waals surface area (Å²) < 4.78 is 0. The van der Waals surface area contributed by atoms with Crippen LogP contribution in [0.5, 0.6) is 0 Å².